The van der Waals surface area contributed by atoms with Gasteiger partial charge in [-0.1, -0.05) is 12.1 Å². The van der Waals surface area contributed by atoms with Crippen molar-refractivity contribution in [1.82, 2.24) is 9.97 Å². The molecule has 1 amide bonds. The molecule has 2 aromatic heterocycles. The van der Waals surface area contributed by atoms with Crippen LogP contribution in [0.3, 0.4) is 0 Å². The van der Waals surface area contributed by atoms with Crippen LogP contribution >= 0.6 is 11.3 Å². The summed E-state index contributed by atoms with van der Waals surface area (Å²) in [6.45, 7) is 1.38. The largest absolute Gasteiger partial charge is 0.369 e. The number of hydrogen-bond acceptors (Lipinski definition) is 5. The Kier molecular flexibility index (Phi) is 3.46. The minimum absolute atomic E-state index is 0.0598. The Morgan fingerprint density at radius 1 is 1.26 bits per heavy atom. The molecule has 0 aliphatic carbocycles. The van der Waals surface area contributed by atoms with Gasteiger partial charge in [-0.2, -0.15) is 0 Å². The van der Waals surface area contributed by atoms with Crippen LogP contribution in [-0.4, -0.2) is 29.0 Å². The van der Waals surface area contributed by atoms with E-state index in [-0.39, 0.29) is 17.7 Å². The van der Waals surface area contributed by atoms with Gasteiger partial charge in [0.1, 0.15) is 0 Å². The van der Waals surface area contributed by atoms with Gasteiger partial charge in [0.2, 0.25) is 5.91 Å². The molecule has 0 saturated carbocycles. The van der Waals surface area contributed by atoms with E-state index in [0.29, 0.717) is 6.54 Å². The van der Waals surface area contributed by atoms with Crippen molar-refractivity contribution in [2.75, 3.05) is 18.0 Å². The summed E-state index contributed by atoms with van der Waals surface area (Å²) in [5.74, 6) is -0.405. The van der Waals surface area contributed by atoms with Gasteiger partial charge in [-0.25, -0.2) is 4.98 Å². The number of primary amides is 1. The van der Waals surface area contributed by atoms with Crippen molar-refractivity contribution in [1.29, 1.82) is 0 Å². The summed E-state index contributed by atoms with van der Waals surface area (Å²) < 4.78 is 0. The minimum atomic E-state index is -0.255. The van der Waals surface area contributed by atoms with Gasteiger partial charge in [0, 0.05) is 59.4 Å². The van der Waals surface area contributed by atoms with Crippen molar-refractivity contribution in [3.05, 3.63) is 53.2 Å². The van der Waals surface area contributed by atoms with Crippen molar-refractivity contribution in [3.63, 3.8) is 0 Å². The molecule has 1 fully saturated rings. The molecule has 2 atom stereocenters. The van der Waals surface area contributed by atoms with Gasteiger partial charge in [0.05, 0.1) is 10.9 Å². The highest BCUT2D eigenvalue weighted by Gasteiger charge is 2.39. The fourth-order valence-electron chi connectivity index (χ4n) is 3.34. The highest BCUT2D eigenvalue weighted by atomic mass is 32.1. The zero-order valence-corrected chi connectivity index (χ0v) is 13.2. The Morgan fingerprint density at radius 2 is 2.17 bits per heavy atom. The highest BCUT2D eigenvalue weighted by Crippen LogP contribution is 2.38. The molecule has 1 aliphatic heterocycles. The predicted octanol–water partition coefficient (Wildman–Crippen LogP) is 2.40. The standard InChI is InChI=1S/C17H16N4OS/c18-16(22)13-9-21(10-14(13)17-20-6-7-23-17)15-3-1-2-11-8-19-5-4-12(11)15/h1-8,13-14H,9-10H2,(H2,18,22). The summed E-state index contributed by atoms with van der Waals surface area (Å²) in [7, 11) is 0. The Bertz CT molecular complexity index is 843. The molecule has 0 radical (unpaired) electrons. The third-order valence-corrected chi connectivity index (χ3v) is 5.36. The zero-order chi connectivity index (χ0) is 15.8. The van der Waals surface area contributed by atoms with Gasteiger partial charge < -0.3 is 10.6 Å². The highest BCUT2D eigenvalue weighted by molar-refractivity contribution is 7.09. The number of thiazole rings is 1. The fourth-order valence-corrected chi connectivity index (χ4v) is 4.13. The maximum atomic E-state index is 11.9. The van der Waals surface area contributed by atoms with Crippen molar-refractivity contribution in [2.45, 2.75) is 5.92 Å². The molecule has 5 nitrogen and oxygen atoms in total. The lowest BCUT2D eigenvalue weighted by Crippen LogP contribution is -2.29. The molecule has 0 spiro atoms. The number of benzene rings is 1. The van der Waals surface area contributed by atoms with E-state index in [1.165, 1.54) is 0 Å². The Hall–Kier alpha value is -2.47. The monoisotopic (exact) mass is 324 g/mol. The number of fused-ring (bicyclic) bond motifs is 1. The van der Waals surface area contributed by atoms with Crippen LogP contribution in [0.1, 0.15) is 10.9 Å². The number of carbonyl (C=O) groups is 1. The van der Waals surface area contributed by atoms with Gasteiger partial charge in [0.15, 0.2) is 0 Å². The molecule has 116 valence electrons. The van der Waals surface area contributed by atoms with E-state index in [9.17, 15) is 4.79 Å². The molecule has 1 aliphatic rings. The van der Waals surface area contributed by atoms with E-state index >= 15 is 0 Å². The molecule has 4 rings (SSSR count). The van der Waals surface area contributed by atoms with E-state index in [2.05, 4.69) is 20.9 Å². The van der Waals surface area contributed by atoms with Crippen molar-refractivity contribution in [3.8, 4) is 0 Å². The van der Waals surface area contributed by atoms with Gasteiger partial charge in [0.25, 0.3) is 0 Å². The molecular formula is C17H16N4OS. The van der Waals surface area contributed by atoms with E-state index in [1.807, 2.05) is 29.8 Å². The first-order chi connectivity index (χ1) is 11.2. The summed E-state index contributed by atoms with van der Waals surface area (Å²) in [4.78, 5) is 22.7. The van der Waals surface area contributed by atoms with Crippen LogP contribution in [0.25, 0.3) is 10.8 Å². The molecule has 23 heavy (non-hydrogen) atoms. The number of rotatable bonds is 3. The van der Waals surface area contributed by atoms with E-state index in [4.69, 9.17) is 5.73 Å². The van der Waals surface area contributed by atoms with Gasteiger partial charge in [-0.15, -0.1) is 11.3 Å². The average molecular weight is 324 g/mol. The lowest BCUT2D eigenvalue weighted by molar-refractivity contribution is -0.121. The fraction of sp³-hybridized carbons (Fsp3) is 0.235. The lowest BCUT2D eigenvalue weighted by atomic mass is 9.96. The van der Waals surface area contributed by atoms with Gasteiger partial charge in [-0.3, -0.25) is 9.78 Å². The molecule has 2 N–H and O–H groups in total. The molecule has 1 aromatic carbocycles. The summed E-state index contributed by atoms with van der Waals surface area (Å²) in [5.41, 5.74) is 6.77. The van der Waals surface area contributed by atoms with E-state index < -0.39 is 0 Å². The summed E-state index contributed by atoms with van der Waals surface area (Å²) in [5, 5.41) is 5.17. The summed E-state index contributed by atoms with van der Waals surface area (Å²) >= 11 is 1.59. The third-order valence-electron chi connectivity index (χ3n) is 4.45. The number of nitrogens with zero attached hydrogens (tertiary/aromatic N) is 3. The first-order valence-corrected chi connectivity index (χ1v) is 8.38. The number of anilines is 1. The maximum absolute atomic E-state index is 11.9. The number of carbonyl (C=O) groups excluding carboxylic acids is 1. The zero-order valence-electron chi connectivity index (χ0n) is 12.4. The van der Waals surface area contributed by atoms with Crippen LogP contribution in [0.15, 0.2) is 48.2 Å². The third kappa shape index (κ3) is 2.45. The lowest BCUT2D eigenvalue weighted by Gasteiger charge is -2.20. The molecule has 6 heteroatoms. The number of amides is 1. The molecule has 3 heterocycles. The van der Waals surface area contributed by atoms with Crippen LogP contribution in [0.4, 0.5) is 5.69 Å². The molecule has 3 aromatic rings. The second-order valence-electron chi connectivity index (χ2n) is 5.76. The van der Waals surface area contributed by atoms with Gasteiger partial charge in [-0.05, 0) is 12.1 Å². The SMILES string of the molecule is NC(=O)C1CN(c2cccc3cnccc23)CC1c1nccs1. The normalized spacial score (nSPS) is 21.0. The quantitative estimate of drug-likeness (QED) is 0.803. The van der Waals surface area contributed by atoms with E-state index in [0.717, 1.165) is 28.0 Å². The number of nitrogens with two attached hydrogens (primary N) is 1. The second kappa shape index (κ2) is 5.62. The first kappa shape index (κ1) is 14.1. The van der Waals surface area contributed by atoms with Gasteiger partial charge >= 0.3 is 0 Å². The van der Waals surface area contributed by atoms with Crippen molar-refractivity contribution in [2.24, 2.45) is 11.7 Å². The van der Waals surface area contributed by atoms with E-state index in [1.54, 1.807) is 23.7 Å². The topological polar surface area (TPSA) is 72.1 Å². The van der Waals surface area contributed by atoms with Crippen LogP contribution in [-0.2, 0) is 4.79 Å². The molecule has 1 saturated heterocycles. The average Bonchev–Trinajstić information content (AvgIpc) is 3.23. The maximum Gasteiger partial charge on any atom is 0.223 e. The number of pyridine rings is 1. The molecule has 2 unspecified atom stereocenters. The summed E-state index contributed by atoms with van der Waals surface area (Å²) in [6, 6.07) is 8.17. The Labute approximate surface area is 137 Å². The smallest absolute Gasteiger partial charge is 0.223 e. The van der Waals surface area contributed by atoms with Crippen LogP contribution in [0.2, 0.25) is 0 Å². The van der Waals surface area contributed by atoms with Crippen molar-refractivity contribution >= 4 is 33.7 Å². The molecule has 0 bridgehead atoms. The summed E-state index contributed by atoms with van der Waals surface area (Å²) in [6.07, 6.45) is 5.44. The predicted molar refractivity (Wildman–Crippen MR) is 91.5 cm³/mol. The van der Waals surface area contributed by atoms with Crippen LogP contribution in [0, 0.1) is 5.92 Å². The van der Waals surface area contributed by atoms with Crippen LogP contribution in [0.5, 0.6) is 0 Å². The Morgan fingerprint density at radius 3 is 2.96 bits per heavy atom. The number of hydrogen-bond donors (Lipinski definition) is 1. The first-order valence-electron chi connectivity index (χ1n) is 7.50. The second-order valence-corrected chi connectivity index (χ2v) is 6.69. The molecular weight excluding hydrogens is 308 g/mol. The van der Waals surface area contributed by atoms with Crippen molar-refractivity contribution < 1.29 is 4.79 Å². The van der Waals surface area contributed by atoms with Crippen LogP contribution < -0.4 is 10.6 Å². The number of aromatic nitrogens is 2. The minimum Gasteiger partial charge on any atom is -0.369 e. The Balaban J connectivity index is 1.74.